The van der Waals surface area contributed by atoms with E-state index >= 15 is 0 Å². The van der Waals surface area contributed by atoms with Gasteiger partial charge in [-0.2, -0.15) is 0 Å². The number of ketones is 1. The first kappa shape index (κ1) is 16.9. The highest BCUT2D eigenvalue weighted by Gasteiger charge is 2.72. The first-order valence-electron chi connectivity index (χ1n) is 9.29. The molecule has 3 fully saturated rings. The highest BCUT2D eigenvalue weighted by atomic mass is 28.4. The van der Waals surface area contributed by atoms with Crippen LogP contribution in [0, 0.1) is 22.7 Å². The van der Waals surface area contributed by atoms with Gasteiger partial charge in [0.15, 0.2) is 20.4 Å². The van der Waals surface area contributed by atoms with Gasteiger partial charge in [0.25, 0.3) is 0 Å². The lowest BCUT2D eigenvalue weighted by Gasteiger charge is -2.55. The van der Waals surface area contributed by atoms with Crippen molar-refractivity contribution in [3.63, 3.8) is 0 Å². The van der Waals surface area contributed by atoms with E-state index < -0.39 is 8.32 Å². The zero-order valence-electron chi connectivity index (χ0n) is 15.5. The monoisotopic (exact) mass is 350 g/mol. The van der Waals surface area contributed by atoms with E-state index in [1.807, 2.05) is 0 Å². The predicted molar refractivity (Wildman–Crippen MR) is 94.0 cm³/mol. The Bertz CT molecular complexity index is 578. The molecule has 4 aliphatic rings. The third-order valence-electron chi connectivity index (χ3n) is 6.73. The van der Waals surface area contributed by atoms with E-state index in [2.05, 4.69) is 39.6 Å². The standard InChI is InChI=1S/C19H30O4Si/c1-18(2)14-10-15(23-24(3,4)5)19(11-21-17(22-14)16(18)19)12-7-6-8-13(20)9-12/h6,8,12,14-17H,7,9-11H2,1-5H3/t12-,14?,15+,16?,17-,19?/m1/s1. The lowest BCUT2D eigenvalue weighted by molar-refractivity contribution is -0.164. The minimum atomic E-state index is -1.70. The summed E-state index contributed by atoms with van der Waals surface area (Å²) < 4.78 is 19.2. The van der Waals surface area contributed by atoms with Gasteiger partial charge in [0.2, 0.25) is 0 Å². The minimum absolute atomic E-state index is 0.0741. The Morgan fingerprint density at radius 1 is 1.29 bits per heavy atom. The van der Waals surface area contributed by atoms with E-state index in [1.165, 1.54) is 0 Å². The second-order valence-electron chi connectivity index (χ2n) is 9.68. The van der Waals surface area contributed by atoms with Crippen molar-refractivity contribution in [2.24, 2.45) is 22.7 Å². The molecule has 4 rings (SSSR count). The molecule has 4 nitrogen and oxygen atoms in total. The van der Waals surface area contributed by atoms with Crippen LogP contribution in [0.1, 0.15) is 33.1 Å². The van der Waals surface area contributed by atoms with Gasteiger partial charge in [0, 0.05) is 17.8 Å². The molecule has 0 amide bonds. The SMILES string of the molecule is CC1(C)C2C[C@H](O[Si](C)(C)C)C3([C@@H]4CC=CC(=O)C4)CO[C@H](O2)C13. The molecule has 2 saturated heterocycles. The summed E-state index contributed by atoms with van der Waals surface area (Å²) >= 11 is 0. The van der Waals surface area contributed by atoms with Gasteiger partial charge in [0.1, 0.15) is 0 Å². The van der Waals surface area contributed by atoms with Crippen molar-refractivity contribution in [3.05, 3.63) is 12.2 Å². The lowest BCUT2D eigenvalue weighted by Crippen LogP contribution is -2.60. The van der Waals surface area contributed by atoms with Crippen molar-refractivity contribution < 1.29 is 18.7 Å². The molecular formula is C19H30O4Si. The molecule has 2 bridgehead atoms. The second kappa shape index (κ2) is 5.26. The van der Waals surface area contributed by atoms with Gasteiger partial charge in [-0.15, -0.1) is 0 Å². The van der Waals surface area contributed by atoms with Crippen LogP contribution in [-0.2, 0) is 18.7 Å². The maximum absolute atomic E-state index is 12.2. The fraction of sp³-hybridized carbons (Fsp3) is 0.842. The molecule has 0 spiro atoms. The summed E-state index contributed by atoms with van der Waals surface area (Å²) in [5, 5.41) is 0. The van der Waals surface area contributed by atoms with Crippen molar-refractivity contribution in [2.75, 3.05) is 6.61 Å². The van der Waals surface area contributed by atoms with Gasteiger partial charge >= 0.3 is 0 Å². The molecule has 1 saturated carbocycles. The fourth-order valence-electron chi connectivity index (χ4n) is 5.82. The maximum Gasteiger partial charge on any atom is 0.184 e. The van der Waals surface area contributed by atoms with E-state index in [9.17, 15) is 4.79 Å². The summed E-state index contributed by atoms with van der Waals surface area (Å²) in [7, 11) is -1.70. The average molecular weight is 351 g/mol. The summed E-state index contributed by atoms with van der Waals surface area (Å²) in [4.78, 5) is 12.2. The molecule has 2 heterocycles. The Kier molecular flexibility index (Phi) is 3.71. The Morgan fingerprint density at radius 2 is 2.04 bits per heavy atom. The molecule has 0 aromatic heterocycles. The molecule has 6 atom stereocenters. The molecule has 3 unspecified atom stereocenters. The molecule has 134 valence electrons. The second-order valence-corrected chi connectivity index (χ2v) is 14.1. The number of fused-ring (bicyclic) bond motifs is 1. The van der Waals surface area contributed by atoms with Crippen molar-refractivity contribution >= 4 is 14.1 Å². The summed E-state index contributed by atoms with van der Waals surface area (Å²) in [6.45, 7) is 12.1. The normalized spacial score (nSPS) is 46.5. The Hall–Kier alpha value is -0.493. The quantitative estimate of drug-likeness (QED) is 0.731. The van der Waals surface area contributed by atoms with E-state index in [0.29, 0.717) is 24.9 Å². The van der Waals surface area contributed by atoms with Gasteiger partial charge < -0.3 is 13.9 Å². The van der Waals surface area contributed by atoms with Gasteiger partial charge in [-0.1, -0.05) is 19.9 Å². The maximum atomic E-state index is 12.2. The van der Waals surface area contributed by atoms with Crippen molar-refractivity contribution in [1.82, 2.24) is 0 Å². The third-order valence-corrected chi connectivity index (χ3v) is 7.73. The van der Waals surface area contributed by atoms with E-state index in [4.69, 9.17) is 13.9 Å². The van der Waals surface area contributed by atoms with E-state index in [0.717, 1.165) is 12.8 Å². The number of hydrogen-bond donors (Lipinski definition) is 0. The zero-order chi connectivity index (χ0) is 17.3. The number of hydrogen-bond acceptors (Lipinski definition) is 4. The highest BCUT2D eigenvalue weighted by Crippen LogP contribution is 2.67. The van der Waals surface area contributed by atoms with Crippen molar-refractivity contribution in [2.45, 2.75) is 71.2 Å². The highest BCUT2D eigenvalue weighted by molar-refractivity contribution is 6.69. The van der Waals surface area contributed by atoms with Crippen LogP contribution >= 0.6 is 0 Å². The lowest BCUT2D eigenvalue weighted by atomic mass is 9.50. The van der Waals surface area contributed by atoms with Crippen molar-refractivity contribution in [1.29, 1.82) is 0 Å². The summed E-state index contributed by atoms with van der Waals surface area (Å²) in [5.41, 5.74) is -0.0213. The number of carbonyl (C=O) groups excluding carboxylic acids is 1. The van der Waals surface area contributed by atoms with E-state index in [-0.39, 0.29) is 35.1 Å². The number of ether oxygens (including phenoxy) is 2. The van der Waals surface area contributed by atoms with Gasteiger partial charge in [-0.05, 0) is 49.9 Å². The third kappa shape index (κ3) is 2.31. The molecule has 2 aliphatic carbocycles. The van der Waals surface area contributed by atoms with Gasteiger partial charge in [0.05, 0.1) is 18.8 Å². The molecule has 0 radical (unpaired) electrons. The fourth-order valence-corrected chi connectivity index (χ4v) is 6.99. The molecule has 0 N–H and O–H groups in total. The molecule has 2 aliphatic heterocycles. The molecule has 5 heteroatoms. The molecular weight excluding hydrogens is 320 g/mol. The largest absolute Gasteiger partial charge is 0.414 e. The molecule has 0 aromatic rings. The van der Waals surface area contributed by atoms with Gasteiger partial charge in [-0.3, -0.25) is 4.79 Å². The summed E-state index contributed by atoms with van der Waals surface area (Å²) in [6.07, 6.45) is 6.51. The van der Waals surface area contributed by atoms with Crippen LogP contribution in [0.15, 0.2) is 12.2 Å². The van der Waals surface area contributed by atoms with Crippen LogP contribution in [0.3, 0.4) is 0 Å². The first-order valence-corrected chi connectivity index (χ1v) is 12.7. The van der Waals surface area contributed by atoms with Crippen LogP contribution in [0.2, 0.25) is 19.6 Å². The first-order chi connectivity index (χ1) is 11.1. The summed E-state index contributed by atoms with van der Waals surface area (Å²) in [6, 6.07) is 0. The van der Waals surface area contributed by atoms with Crippen LogP contribution < -0.4 is 0 Å². The van der Waals surface area contributed by atoms with Gasteiger partial charge in [-0.25, -0.2) is 0 Å². The van der Waals surface area contributed by atoms with E-state index in [1.54, 1.807) is 6.08 Å². The number of allylic oxidation sites excluding steroid dienone is 2. The predicted octanol–water partition coefficient (Wildman–Crippen LogP) is 3.53. The minimum Gasteiger partial charge on any atom is -0.414 e. The smallest absolute Gasteiger partial charge is 0.184 e. The molecule has 0 aromatic carbocycles. The van der Waals surface area contributed by atoms with Crippen LogP contribution in [-0.4, -0.2) is 39.2 Å². The van der Waals surface area contributed by atoms with Crippen LogP contribution in [0.5, 0.6) is 0 Å². The topological polar surface area (TPSA) is 44.8 Å². The zero-order valence-corrected chi connectivity index (χ0v) is 16.5. The molecule has 24 heavy (non-hydrogen) atoms. The Morgan fingerprint density at radius 3 is 2.71 bits per heavy atom. The van der Waals surface area contributed by atoms with Crippen LogP contribution in [0.4, 0.5) is 0 Å². The van der Waals surface area contributed by atoms with Crippen molar-refractivity contribution in [3.8, 4) is 0 Å². The number of rotatable bonds is 3. The summed E-state index contributed by atoms with van der Waals surface area (Å²) in [5.74, 6) is 0.859. The Balaban J connectivity index is 1.78. The Labute approximate surface area is 146 Å². The van der Waals surface area contributed by atoms with Crippen LogP contribution in [0.25, 0.3) is 0 Å². The number of carbonyl (C=O) groups is 1. The average Bonchev–Trinajstić information content (AvgIpc) is 2.89.